The summed E-state index contributed by atoms with van der Waals surface area (Å²) in [5, 5.41) is 11.6. The maximum absolute atomic E-state index is 12.7. The molecule has 1 aliphatic rings. The van der Waals surface area contributed by atoms with Gasteiger partial charge in [0.05, 0.1) is 12.1 Å². The molecule has 0 spiro atoms. The van der Waals surface area contributed by atoms with Crippen molar-refractivity contribution in [3.8, 4) is 11.3 Å². The second-order valence-corrected chi connectivity index (χ2v) is 7.14. The van der Waals surface area contributed by atoms with Crippen LogP contribution in [0.1, 0.15) is 16.8 Å². The van der Waals surface area contributed by atoms with Gasteiger partial charge in [-0.2, -0.15) is 5.10 Å². The van der Waals surface area contributed by atoms with E-state index in [1.165, 1.54) is 0 Å². The van der Waals surface area contributed by atoms with E-state index in [9.17, 15) is 4.79 Å². The largest absolute Gasteiger partial charge is 0.326 e. The van der Waals surface area contributed by atoms with E-state index >= 15 is 0 Å². The van der Waals surface area contributed by atoms with Crippen molar-refractivity contribution < 1.29 is 4.79 Å². The molecule has 0 aliphatic carbocycles. The monoisotopic (exact) mass is 381 g/mol. The molecule has 6 nitrogen and oxygen atoms in total. The number of aromatic amines is 1. The van der Waals surface area contributed by atoms with Crippen LogP contribution in [-0.2, 0) is 6.54 Å². The highest BCUT2D eigenvalue weighted by atomic mass is 16.2. The quantitative estimate of drug-likeness (QED) is 0.527. The first-order valence-corrected chi connectivity index (χ1v) is 9.37. The van der Waals surface area contributed by atoms with Gasteiger partial charge in [0.15, 0.2) is 0 Å². The zero-order valence-corrected chi connectivity index (χ0v) is 15.9. The zero-order chi connectivity index (χ0) is 20.0. The van der Waals surface area contributed by atoms with Gasteiger partial charge in [-0.3, -0.25) is 15.0 Å². The van der Waals surface area contributed by atoms with E-state index < -0.39 is 0 Å². The number of pyridine rings is 1. The van der Waals surface area contributed by atoms with Gasteiger partial charge in [-0.1, -0.05) is 36.9 Å². The molecule has 4 aromatic rings. The smallest absolute Gasteiger partial charge is 0.307 e. The molecular weight excluding hydrogens is 362 g/mol. The van der Waals surface area contributed by atoms with Gasteiger partial charge in [-0.05, 0) is 42.3 Å². The maximum Gasteiger partial charge on any atom is 0.326 e. The molecule has 0 bridgehead atoms. The van der Waals surface area contributed by atoms with Crippen LogP contribution in [0.3, 0.4) is 0 Å². The number of H-pyrrole nitrogens is 1. The first kappa shape index (κ1) is 17.2. The minimum Gasteiger partial charge on any atom is -0.307 e. The highest BCUT2D eigenvalue weighted by molar-refractivity contribution is 6.02. The predicted molar refractivity (Wildman–Crippen MR) is 114 cm³/mol. The molecule has 5 rings (SSSR count). The molecule has 0 radical (unpaired) electrons. The van der Waals surface area contributed by atoms with Gasteiger partial charge < -0.3 is 5.32 Å². The van der Waals surface area contributed by atoms with E-state index in [2.05, 4.69) is 33.1 Å². The van der Waals surface area contributed by atoms with E-state index in [0.717, 1.165) is 44.7 Å². The molecule has 0 atom stereocenters. The van der Waals surface area contributed by atoms with E-state index in [0.29, 0.717) is 12.2 Å². The number of nitrogens with zero attached hydrogens (tertiary/aromatic N) is 3. The molecule has 2 amide bonds. The number of urea groups is 1. The van der Waals surface area contributed by atoms with Crippen molar-refractivity contribution in [1.82, 2.24) is 20.1 Å². The van der Waals surface area contributed by atoms with Crippen LogP contribution in [0.4, 0.5) is 10.5 Å². The third kappa shape index (κ3) is 2.95. The summed E-state index contributed by atoms with van der Waals surface area (Å²) in [4.78, 5) is 18.6. The van der Waals surface area contributed by atoms with Crippen LogP contribution >= 0.6 is 0 Å². The average Bonchev–Trinajstić information content (AvgIpc) is 3.14. The summed E-state index contributed by atoms with van der Waals surface area (Å²) in [5.41, 5.74) is 7.10. The Morgan fingerprint density at radius 3 is 2.76 bits per heavy atom. The molecule has 142 valence electrons. The molecule has 6 heteroatoms. The van der Waals surface area contributed by atoms with Crippen LogP contribution in [0.25, 0.3) is 27.9 Å². The van der Waals surface area contributed by atoms with Gasteiger partial charge in [-0.15, -0.1) is 0 Å². The van der Waals surface area contributed by atoms with Gasteiger partial charge in [-0.25, -0.2) is 4.79 Å². The lowest BCUT2D eigenvalue weighted by Crippen LogP contribution is -2.37. The van der Waals surface area contributed by atoms with Gasteiger partial charge in [0.25, 0.3) is 0 Å². The van der Waals surface area contributed by atoms with Crippen LogP contribution in [0.15, 0.2) is 67.4 Å². The standard InChI is InChI=1S/C23H19N5O/c1-14-10-17(8-9-24-14)22-19-11-18-13-28(15(2)16-6-4-3-5-7-16)23(29)25-20(18)12-21(19)26-27-22/h3-12H,2,13H2,1H3,(H,25,29)(H,26,27). The molecule has 2 N–H and O–H groups in total. The number of carbonyl (C=O) groups is 1. The van der Waals surface area contributed by atoms with Crippen LogP contribution in [0.2, 0.25) is 0 Å². The van der Waals surface area contributed by atoms with Crippen LogP contribution in [0.5, 0.6) is 0 Å². The van der Waals surface area contributed by atoms with Crippen LogP contribution in [0, 0.1) is 6.92 Å². The second-order valence-electron chi connectivity index (χ2n) is 7.14. The zero-order valence-electron chi connectivity index (χ0n) is 15.9. The number of aryl methyl sites for hydroxylation is 1. The van der Waals surface area contributed by atoms with Gasteiger partial charge >= 0.3 is 6.03 Å². The number of hydrogen-bond donors (Lipinski definition) is 2. The van der Waals surface area contributed by atoms with Crippen molar-refractivity contribution in [2.24, 2.45) is 0 Å². The fourth-order valence-corrected chi connectivity index (χ4v) is 3.70. The van der Waals surface area contributed by atoms with Crippen molar-refractivity contribution in [3.05, 3.63) is 84.2 Å². The number of nitrogens with one attached hydrogen (secondary N) is 2. The maximum atomic E-state index is 12.7. The average molecular weight is 381 g/mol. The van der Waals surface area contributed by atoms with Gasteiger partial charge in [0.1, 0.15) is 5.69 Å². The molecule has 0 saturated carbocycles. The van der Waals surface area contributed by atoms with Crippen molar-refractivity contribution >= 4 is 28.3 Å². The summed E-state index contributed by atoms with van der Waals surface area (Å²) in [6.07, 6.45) is 1.79. The summed E-state index contributed by atoms with van der Waals surface area (Å²) in [7, 11) is 0. The first-order valence-electron chi connectivity index (χ1n) is 9.37. The summed E-state index contributed by atoms with van der Waals surface area (Å²) in [6.45, 7) is 6.55. The van der Waals surface area contributed by atoms with Crippen molar-refractivity contribution in [2.75, 3.05) is 5.32 Å². The summed E-state index contributed by atoms with van der Waals surface area (Å²) in [6, 6.07) is 17.5. The third-order valence-corrected chi connectivity index (χ3v) is 5.20. The molecular formula is C23H19N5O. The van der Waals surface area contributed by atoms with Crippen LogP contribution in [-0.4, -0.2) is 26.1 Å². The second kappa shape index (κ2) is 6.60. The minimum absolute atomic E-state index is 0.185. The topological polar surface area (TPSA) is 73.9 Å². The Kier molecular flexibility index (Phi) is 3.91. The van der Waals surface area contributed by atoms with E-state index in [1.807, 2.05) is 55.5 Å². The van der Waals surface area contributed by atoms with Crippen molar-refractivity contribution in [3.63, 3.8) is 0 Å². The van der Waals surface area contributed by atoms with Crippen molar-refractivity contribution in [2.45, 2.75) is 13.5 Å². The molecule has 2 aromatic carbocycles. The lowest BCUT2D eigenvalue weighted by atomic mass is 10.0. The number of hydrogen-bond acceptors (Lipinski definition) is 3. The predicted octanol–water partition coefficient (Wildman–Crippen LogP) is 4.95. The van der Waals surface area contributed by atoms with Crippen LogP contribution < -0.4 is 5.32 Å². The summed E-state index contributed by atoms with van der Waals surface area (Å²) < 4.78 is 0. The molecule has 0 unspecified atom stereocenters. The molecule has 1 aliphatic heterocycles. The SMILES string of the molecule is C=C(c1ccccc1)N1Cc2cc3c(-c4ccnc(C)c4)n[nH]c3cc2NC1=O. The van der Waals surface area contributed by atoms with Crippen molar-refractivity contribution in [1.29, 1.82) is 0 Å². The Bertz CT molecular complexity index is 1260. The number of fused-ring (bicyclic) bond motifs is 2. The molecule has 29 heavy (non-hydrogen) atoms. The van der Waals surface area contributed by atoms with Gasteiger partial charge in [0.2, 0.25) is 0 Å². The number of anilines is 1. The Morgan fingerprint density at radius 2 is 1.97 bits per heavy atom. The van der Waals surface area contributed by atoms with Gasteiger partial charge in [0, 0.05) is 34.2 Å². The number of carbonyl (C=O) groups excluding carboxylic acids is 1. The lowest BCUT2D eigenvalue weighted by molar-refractivity contribution is 0.228. The molecule has 3 heterocycles. The fraction of sp³-hybridized carbons (Fsp3) is 0.0870. The number of amides is 2. The normalized spacial score (nSPS) is 13.3. The highest BCUT2D eigenvalue weighted by Gasteiger charge is 2.26. The molecule has 0 saturated heterocycles. The Labute approximate surface area is 167 Å². The Balaban J connectivity index is 1.56. The summed E-state index contributed by atoms with van der Waals surface area (Å²) >= 11 is 0. The minimum atomic E-state index is -0.185. The number of benzene rings is 2. The lowest BCUT2D eigenvalue weighted by Gasteiger charge is -2.31. The molecule has 2 aromatic heterocycles. The first-order chi connectivity index (χ1) is 14.1. The summed E-state index contributed by atoms with van der Waals surface area (Å²) in [5.74, 6) is 0. The van der Waals surface area contributed by atoms with E-state index in [1.54, 1.807) is 11.1 Å². The van der Waals surface area contributed by atoms with E-state index in [4.69, 9.17) is 0 Å². The Hall–Kier alpha value is -3.93. The Morgan fingerprint density at radius 1 is 1.14 bits per heavy atom. The number of rotatable bonds is 3. The number of aromatic nitrogens is 3. The highest BCUT2D eigenvalue weighted by Crippen LogP contribution is 2.35. The fourth-order valence-electron chi connectivity index (χ4n) is 3.70. The van der Waals surface area contributed by atoms with E-state index in [-0.39, 0.29) is 6.03 Å². The molecule has 0 fully saturated rings. The third-order valence-electron chi connectivity index (χ3n) is 5.20.